The Bertz CT molecular complexity index is 564. The Labute approximate surface area is 130 Å². The predicted octanol–water partition coefficient (Wildman–Crippen LogP) is 4.39. The first-order chi connectivity index (χ1) is 9.86. The Morgan fingerprint density at radius 1 is 0.905 bits per heavy atom. The normalized spacial score (nSPS) is 13.2. The van der Waals surface area contributed by atoms with Gasteiger partial charge in [0, 0.05) is 12.6 Å². The molecule has 1 unspecified atom stereocenters. The average molecular weight is 298 g/mol. The maximum absolute atomic E-state index is 3.60. The standard InChI is InChI=1S/C19H27NSi/c1-15-6-10-18(11-7-15)16(2)20-14-17-8-12-19(13-9-17)21(3,4)5/h6-13,16,20H,14H2,1-5H3. The fourth-order valence-corrected chi connectivity index (χ4v) is 3.53. The number of hydrogen-bond acceptors (Lipinski definition) is 1. The van der Waals surface area contributed by atoms with Gasteiger partial charge >= 0.3 is 0 Å². The summed E-state index contributed by atoms with van der Waals surface area (Å²) in [5.41, 5.74) is 4.02. The first-order valence-electron chi connectivity index (χ1n) is 7.75. The van der Waals surface area contributed by atoms with Gasteiger partial charge < -0.3 is 5.32 Å². The topological polar surface area (TPSA) is 12.0 Å². The molecule has 21 heavy (non-hydrogen) atoms. The Morgan fingerprint density at radius 3 is 2.00 bits per heavy atom. The van der Waals surface area contributed by atoms with E-state index in [0.717, 1.165) is 6.54 Å². The summed E-state index contributed by atoms with van der Waals surface area (Å²) < 4.78 is 0. The molecule has 0 aromatic heterocycles. The molecule has 0 spiro atoms. The lowest BCUT2D eigenvalue weighted by molar-refractivity contribution is 0.574. The molecule has 1 N–H and O–H groups in total. The van der Waals surface area contributed by atoms with Crippen LogP contribution in [0.25, 0.3) is 0 Å². The highest BCUT2D eigenvalue weighted by Crippen LogP contribution is 2.14. The average Bonchev–Trinajstić information content (AvgIpc) is 2.45. The van der Waals surface area contributed by atoms with E-state index in [4.69, 9.17) is 0 Å². The molecule has 0 saturated heterocycles. The van der Waals surface area contributed by atoms with E-state index in [1.807, 2.05) is 0 Å². The summed E-state index contributed by atoms with van der Waals surface area (Å²) in [4.78, 5) is 0. The highest BCUT2D eigenvalue weighted by molar-refractivity contribution is 6.88. The van der Waals surface area contributed by atoms with Crippen LogP contribution < -0.4 is 10.5 Å². The number of nitrogens with one attached hydrogen (secondary N) is 1. The van der Waals surface area contributed by atoms with Crippen LogP contribution in [0.4, 0.5) is 0 Å². The summed E-state index contributed by atoms with van der Waals surface area (Å²) in [6.45, 7) is 12.4. The summed E-state index contributed by atoms with van der Waals surface area (Å²) in [6, 6.07) is 18.3. The minimum absolute atomic E-state index is 0.377. The Morgan fingerprint density at radius 2 is 1.48 bits per heavy atom. The lowest BCUT2D eigenvalue weighted by Crippen LogP contribution is -2.37. The van der Waals surface area contributed by atoms with Crippen LogP contribution in [0.2, 0.25) is 19.6 Å². The molecule has 1 atom stereocenters. The van der Waals surface area contributed by atoms with Crippen LogP contribution in [-0.2, 0) is 6.54 Å². The zero-order valence-electron chi connectivity index (χ0n) is 13.9. The van der Waals surface area contributed by atoms with Crippen molar-refractivity contribution in [3.63, 3.8) is 0 Å². The molecule has 2 rings (SSSR count). The quantitative estimate of drug-likeness (QED) is 0.807. The van der Waals surface area contributed by atoms with Gasteiger partial charge in [-0.15, -0.1) is 0 Å². The van der Waals surface area contributed by atoms with Crippen LogP contribution in [0.15, 0.2) is 48.5 Å². The molecule has 2 aromatic carbocycles. The van der Waals surface area contributed by atoms with Crippen LogP contribution >= 0.6 is 0 Å². The van der Waals surface area contributed by atoms with Gasteiger partial charge in [-0.05, 0) is 25.0 Å². The van der Waals surface area contributed by atoms with Crippen molar-refractivity contribution < 1.29 is 0 Å². The molecule has 2 aromatic rings. The largest absolute Gasteiger partial charge is 0.306 e. The van der Waals surface area contributed by atoms with Crippen molar-refractivity contribution in [2.24, 2.45) is 0 Å². The molecule has 0 aliphatic rings. The predicted molar refractivity (Wildman–Crippen MR) is 95.9 cm³/mol. The van der Waals surface area contributed by atoms with Crippen molar-refractivity contribution in [3.8, 4) is 0 Å². The van der Waals surface area contributed by atoms with E-state index < -0.39 is 8.07 Å². The minimum atomic E-state index is -1.18. The number of rotatable bonds is 5. The lowest BCUT2D eigenvalue weighted by Gasteiger charge is -2.18. The summed E-state index contributed by atoms with van der Waals surface area (Å²) in [7, 11) is -1.18. The molecule has 0 bridgehead atoms. The third-order valence-electron chi connectivity index (χ3n) is 4.01. The van der Waals surface area contributed by atoms with E-state index in [1.54, 1.807) is 0 Å². The molecule has 0 amide bonds. The number of hydrogen-bond donors (Lipinski definition) is 1. The molecular weight excluding hydrogens is 270 g/mol. The van der Waals surface area contributed by atoms with Crippen LogP contribution in [-0.4, -0.2) is 8.07 Å². The fraction of sp³-hybridized carbons (Fsp3) is 0.368. The Hall–Kier alpha value is -1.38. The zero-order valence-corrected chi connectivity index (χ0v) is 14.9. The Balaban J connectivity index is 1.95. The molecular formula is C19H27NSi. The Kier molecular flexibility index (Phi) is 5.02. The smallest absolute Gasteiger partial charge is 0.0775 e. The van der Waals surface area contributed by atoms with Gasteiger partial charge in [-0.2, -0.15) is 0 Å². The third kappa shape index (κ3) is 4.55. The molecule has 112 valence electrons. The maximum atomic E-state index is 3.60. The van der Waals surface area contributed by atoms with E-state index in [2.05, 4.69) is 87.3 Å². The van der Waals surface area contributed by atoms with Gasteiger partial charge in [0.2, 0.25) is 0 Å². The van der Waals surface area contributed by atoms with Gasteiger partial charge in [0.1, 0.15) is 0 Å². The van der Waals surface area contributed by atoms with Gasteiger partial charge in [0.25, 0.3) is 0 Å². The van der Waals surface area contributed by atoms with Crippen LogP contribution in [0, 0.1) is 6.92 Å². The summed E-state index contributed by atoms with van der Waals surface area (Å²) in [5.74, 6) is 0. The molecule has 0 saturated carbocycles. The van der Waals surface area contributed by atoms with Crippen LogP contribution in [0.1, 0.15) is 29.7 Å². The zero-order chi connectivity index (χ0) is 15.5. The second-order valence-electron chi connectivity index (χ2n) is 6.96. The highest BCUT2D eigenvalue weighted by Gasteiger charge is 2.15. The third-order valence-corrected chi connectivity index (χ3v) is 6.08. The SMILES string of the molecule is Cc1ccc(C(C)NCc2ccc([Si](C)(C)C)cc2)cc1. The van der Waals surface area contributed by atoms with Gasteiger partial charge in [-0.3, -0.25) is 0 Å². The summed E-state index contributed by atoms with van der Waals surface area (Å²) in [5, 5.41) is 5.13. The maximum Gasteiger partial charge on any atom is 0.0775 e. The highest BCUT2D eigenvalue weighted by atomic mass is 28.3. The van der Waals surface area contributed by atoms with E-state index in [0.29, 0.717) is 6.04 Å². The summed E-state index contributed by atoms with van der Waals surface area (Å²) in [6.07, 6.45) is 0. The van der Waals surface area contributed by atoms with E-state index in [1.165, 1.54) is 21.9 Å². The lowest BCUT2D eigenvalue weighted by atomic mass is 10.1. The molecule has 1 nitrogen and oxygen atoms in total. The minimum Gasteiger partial charge on any atom is -0.306 e. The van der Waals surface area contributed by atoms with Gasteiger partial charge in [0.15, 0.2) is 0 Å². The van der Waals surface area contributed by atoms with Crippen molar-refractivity contribution >= 4 is 13.3 Å². The molecule has 0 fully saturated rings. The fourth-order valence-electron chi connectivity index (χ4n) is 2.37. The van der Waals surface area contributed by atoms with Crippen molar-refractivity contribution in [1.82, 2.24) is 5.32 Å². The van der Waals surface area contributed by atoms with E-state index >= 15 is 0 Å². The monoisotopic (exact) mass is 297 g/mol. The first kappa shape index (κ1) is 16.0. The van der Waals surface area contributed by atoms with Gasteiger partial charge in [0.05, 0.1) is 8.07 Å². The van der Waals surface area contributed by atoms with Crippen molar-refractivity contribution in [1.29, 1.82) is 0 Å². The summed E-state index contributed by atoms with van der Waals surface area (Å²) >= 11 is 0. The van der Waals surface area contributed by atoms with E-state index in [-0.39, 0.29) is 0 Å². The molecule has 0 radical (unpaired) electrons. The van der Waals surface area contributed by atoms with Crippen molar-refractivity contribution in [2.75, 3.05) is 0 Å². The second-order valence-corrected chi connectivity index (χ2v) is 12.0. The number of aryl methyl sites for hydroxylation is 1. The van der Waals surface area contributed by atoms with Gasteiger partial charge in [-0.1, -0.05) is 78.9 Å². The van der Waals surface area contributed by atoms with E-state index in [9.17, 15) is 0 Å². The van der Waals surface area contributed by atoms with Crippen LogP contribution in [0.5, 0.6) is 0 Å². The van der Waals surface area contributed by atoms with Crippen molar-refractivity contribution in [3.05, 3.63) is 65.2 Å². The van der Waals surface area contributed by atoms with Crippen molar-refractivity contribution in [2.45, 2.75) is 46.1 Å². The molecule has 0 aliphatic heterocycles. The van der Waals surface area contributed by atoms with Crippen LogP contribution in [0.3, 0.4) is 0 Å². The first-order valence-corrected chi connectivity index (χ1v) is 11.3. The second kappa shape index (κ2) is 6.59. The molecule has 0 heterocycles. The molecule has 0 aliphatic carbocycles. The number of benzene rings is 2. The molecule has 2 heteroatoms. The van der Waals surface area contributed by atoms with Gasteiger partial charge in [-0.25, -0.2) is 0 Å².